The zero-order chi connectivity index (χ0) is 19.9. The van der Waals surface area contributed by atoms with E-state index in [-0.39, 0.29) is 23.7 Å². The number of hydrogen-bond donors (Lipinski definition) is 0. The summed E-state index contributed by atoms with van der Waals surface area (Å²) in [4.78, 5) is 18.3. The van der Waals surface area contributed by atoms with E-state index in [4.69, 9.17) is 11.6 Å². The molecule has 1 aliphatic heterocycles. The van der Waals surface area contributed by atoms with Gasteiger partial charge in [0, 0.05) is 25.4 Å². The standard InChI is InChI=1S/C19H14ClF3N4O/c20-13-10-24-17-9-16(25-27(17)11-13)18(28)26-7-5-12(6-8-26)14-3-1-2-4-15(14)19(21,22)23/h1-5,9-11H,6-8H2. The van der Waals surface area contributed by atoms with Crippen LogP contribution in [0, 0.1) is 0 Å². The maximum absolute atomic E-state index is 13.2. The average Bonchev–Trinajstić information content (AvgIpc) is 3.10. The first-order chi connectivity index (χ1) is 13.3. The Morgan fingerprint density at radius 2 is 2.00 bits per heavy atom. The topological polar surface area (TPSA) is 50.5 Å². The Balaban J connectivity index is 1.56. The minimum absolute atomic E-state index is 0.161. The van der Waals surface area contributed by atoms with Gasteiger partial charge in [0.2, 0.25) is 0 Å². The highest BCUT2D eigenvalue weighted by Crippen LogP contribution is 2.36. The number of aromatic nitrogens is 3. The Morgan fingerprint density at radius 1 is 1.21 bits per heavy atom. The van der Waals surface area contributed by atoms with Crippen LogP contribution in [0.1, 0.15) is 28.0 Å². The number of alkyl halides is 3. The number of nitrogens with zero attached hydrogens (tertiary/aromatic N) is 4. The van der Waals surface area contributed by atoms with Crippen molar-refractivity contribution in [3.63, 3.8) is 0 Å². The monoisotopic (exact) mass is 406 g/mol. The molecule has 1 amide bonds. The van der Waals surface area contributed by atoms with E-state index in [2.05, 4.69) is 10.1 Å². The third-order valence-electron chi connectivity index (χ3n) is 4.58. The number of carbonyl (C=O) groups is 1. The molecule has 0 atom stereocenters. The highest BCUT2D eigenvalue weighted by atomic mass is 35.5. The molecule has 4 rings (SSSR count). The van der Waals surface area contributed by atoms with Crippen LogP contribution in [0.5, 0.6) is 0 Å². The minimum Gasteiger partial charge on any atom is -0.333 e. The van der Waals surface area contributed by atoms with Crippen molar-refractivity contribution in [1.82, 2.24) is 19.5 Å². The fourth-order valence-corrected chi connectivity index (χ4v) is 3.37. The second-order valence-electron chi connectivity index (χ2n) is 6.38. The molecular weight excluding hydrogens is 393 g/mol. The van der Waals surface area contributed by atoms with Crippen molar-refractivity contribution in [2.75, 3.05) is 13.1 Å². The highest BCUT2D eigenvalue weighted by Gasteiger charge is 2.34. The van der Waals surface area contributed by atoms with Crippen LogP contribution in [-0.4, -0.2) is 38.5 Å². The summed E-state index contributed by atoms with van der Waals surface area (Å²) in [6, 6.07) is 7.04. The Hall–Kier alpha value is -2.87. The van der Waals surface area contributed by atoms with Gasteiger partial charge >= 0.3 is 6.18 Å². The molecule has 0 bridgehead atoms. The Kier molecular flexibility index (Phi) is 4.58. The molecule has 0 saturated carbocycles. The predicted octanol–water partition coefficient (Wildman–Crippen LogP) is 4.33. The molecule has 0 aliphatic carbocycles. The van der Waals surface area contributed by atoms with Crippen LogP contribution in [-0.2, 0) is 6.18 Å². The summed E-state index contributed by atoms with van der Waals surface area (Å²) in [5.41, 5.74) is 0.779. The molecular formula is C19H14ClF3N4O. The second kappa shape index (κ2) is 6.94. The third-order valence-corrected chi connectivity index (χ3v) is 4.77. The quantitative estimate of drug-likeness (QED) is 0.636. The largest absolute Gasteiger partial charge is 0.416 e. The zero-order valence-corrected chi connectivity index (χ0v) is 15.2. The van der Waals surface area contributed by atoms with E-state index in [1.54, 1.807) is 29.3 Å². The van der Waals surface area contributed by atoms with Gasteiger partial charge in [0.05, 0.1) is 16.8 Å². The van der Waals surface area contributed by atoms with Crippen LogP contribution < -0.4 is 0 Å². The first kappa shape index (κ1) is 18.5. The first-order valence-electron chi connectivity index (χ1n) is 8.49. The van der Waals surface area contributed by atoms with Crippen molar-refractivity contribution in [1.29, 1.82) is 0 Å². The molecule has 0 fully saturated rings. The summed E-state index contributed by atoms with van der Waals surface area (Å²) in [7, 11) is 0. The molecule has 0 radical (unpaired) electrons. The number of amides is 1. The van der Waals surface area contributed by atoms with Crippen LogP contribution in [0.15, 0.2) is 48.8 Å². The lowest BCUT2D eigenvalue weighted by Gasteiger charge is -2.27. The molecule has 0 saturated heterocycles. The molecule has 0 unspecified atom stereocenters. The number of carbonyl (C=O) groups excluding carboxylic acids is 1. The van der Waals surface area contributed by atoms with Crippen molar-refractivity contribution in [3.05, 3.63) is 70.6 Å². The van der Waals surface area contributed by atoms with Gasteiger partial charge in [0.25, 0.3) is 5.91 Å². The van der Waals surface area contributed by atoms with Crippen molar-refractivity contribution >= 4 is 28.7 Å². The van der Waals surface area contributed by atoms with E-state index in [0.717, 1.165) is 6.07 Å². The lowest BCUT2D eigenvalue weighted by Crippen LogP contribution is -2.35. The van der Waals surface area contributed by atoms with Gasteiger partial charge < -0.3 is 4.90 Å². The van der Waals surface area contributed by atoms with Crippen LogP contribution in [0.4, 0.5) is 13.2 Å². The van der Waals surface area contributed by atoms with Gasteiger partial charge in [-0.15, -0.1) is 0 Å². The van der Waals surface area contributed by atoms with Crippen molar-refractivity contribution in [2.24, 2.45) is 0 Å². The van der Waals surface area contributed by atoms with E-state index in [0.29, 0.717) is 29.2 Å². The van der Waals surface area contributed by atoms with Gasteiger partial charge in [-0.05, 0) is 23.6 Å². The molecule has 9 heteroatoms. The summed E-state index contributed by atoms with van der Waals surface area (Å²) < 4.78 is 41.1. The first-order valence-corrected chi connectivity index (χ1v) is 8.86. The van der Waals surface area contributed by atoms with Crippen LogP contribution >= 0.6 is 11.6 Å². The lowest BCUT2D eigenvalue weighted by molar-refractivity contribution is -0.137. The number of benzene rings is 1. The Morgan fingerprint density at radius 3 is 2.71 bits per heavy atom. The SMILES string of the molecule is O=C(c1cc2ncc(Cl)cn2n1)N1CC=C(c2ccccc2C(F)(F)F)CC1. The average molecular weight is 407 g/mol. The molecule has 0 N–H and O–H groups in total. The number of halogens is 4. The van der Waals surface area contributed by atoms with E-state index in [1.165, 1.54) is 22.8 Å². The van der Waals surface area contributed by atoms with E-state index >= 15 is 0 Å². The molecule has 2 aromatic heterocycles. The van der Waals surface area contributed by atoms with Crippen molar-refractivity contribution in [3.8, 4) is 0 Å². The fraction of sp³-hybridized carbons (Fsp3) is 0.211. The molecule has 1 aromatic carbocycles. The molecule has 3 heterocycles. The molecule has 144 valence electrons. The van der Waals surface area contributed by atoms with E-state index in [9.17, 15) is 18.0 Å². The zero-order valence-electron chi connectivity index (χ0n) is 14.4. The van der Waals surface area contributed by atoms with Gasteiger partial charge in [-0.2, -0.15) is 18.3 Å². The van der Waals surface area contributed by atoms with Gasteiger partial charge in [-0.3, -0.25) is 4.79 Å². The number of rotatable bonds is 2. The third kappa shape index (κ3) is 3.47. The van der Waals surface area contributed by atoms with Gasteiger partial charge in [-0.1, -0.05) is 35.9 Å². The molecule has 28 heavy (non-hydrogen) atoms. The molecule has 1 aliphatic rings. The summed E-state index contributed by atoms with van der Waals surface area (Å²) in [6.07, 6.45) is 0.576. The van der Waals surface area contributed by atoms with Crippen molar-refractivity contribution < 1.29 is 18.0 Å². The van der Waals surface area contributed by atoms with Gasteiger partial charge in [0.15, 0.2) is 11.3 Å². The number of fused-ring (bicyclic) bond motifs is 1. The Bertz CT molecular complexity index is 1090. The molecule has 3 aromatic rings. The summed E-state index contributed by atoms with van der Waals surface area (Å²) in [6.45, 7) is 0.515. The fourth-order valence-electron chi connectivity index (χ4n) is 3.23. The van der Waals surface area contributed by atoms with Gasteiger partial charge in [0.1, 0.15) is 0 Å². The van der Waals surface area contributed by atoms with E-state index in [1.807, 2.05) is 0 Å². The maximum Gasteiger partial charge on any atom is 0.416 e. The summed E-state index contributed by atoms with van der Waals surface area (Å²) >= 11 is 5.87. The van der Waals surface area contributed by atoms with Crippen LogP contribution in [0.3, 0.4) is 0 Å². The normalized spacial score (nSPS) is 15.0. The highest BCUT2D eigenvalue weighted by molar-refractivity contribution is 6.30. The lowest BCUT2D eigenvalue weighted by atomic mass is 9.94. The smallest absolute Gasteiger partial charge is 0.333 e. The van der Waals surface area contributed by atoms with Crippen LogP contribution in [0.25, 0.3) is 11.2 Å². The van der Waals surface area contributed by atoms with Crippen molar-refractivity contribution in [2.45, 2.75) is 12.6 Å². The minimum atomic E-state index is -4.42. The van der Waals surface area contributed by atoms with Gasteiger partial charge in [-0.25, -0.2) is 9.50 Å². The molecule has 0 spiro atoms. The Labute approximate surface area is 163 Å². The number of hydrogen-bond acceptors (Lipinski definition) is 3. The second-order valence-corrected chi connectivity index (χ2v) is 6.81. The summed E-state index contributed by atoms with van der Waals surface area (Å²) in [5.74, 6) is -0.305. The maximum atomic E-state index is 13.2. The molecule has 5 nitrogen and oxygen atoms in total. The predicted molar refractivity (Wildman–Crippen MR) is 97.9 cm³/mol. The summed E-state index contributed by atoms with van der Waals surface area (Å²) in [5, 5.41) is 4.57. The van der Waals surface area contributed by atoms with E-state index < -0.39 is 11.7 Å². The van der Waals surface area contributed by atoms with Crippen LogP contribution in [0.2, 0.25) is 5.02 Å².